The van der Waals surface area contributed by atoms with Gasteiger partial charge in [0.2, 0.25) is 0 Å². The number of rotatable bonds is 0. The SMILES string of the molecule is CC1CCc2ccccc2C1(F)F. The van der Waals surface area contributed by atoms with Crippen LogP contribution in [0.5, 0.6) is 0 Å². The van der Waals surface area contributed by atoms with E-state index in [2.05, 4.69) is 0 Å². The lowest BCUT2D eigenvalue weighted by Gasteiger charge is -2.30. The van der Waals surface area contributed by atoms with Crippen LogP contribution in [-0.2, 0) is 12.3 Å². The molecule has 0 saturated carbocycles. The molecule has 0 aromatic heterocycles. The quantitative estimate of drug-likeness (QED) is 0.577. The van der Waals surface area contributed by atoms with Gasteiger partial charge in [-0.3, -0.25) is 0 Å². The fourth-order valence-electron chi connectivity index (χ4n) is 1.88. The second-order valence-corrected chi connectivity index (χ2v) is 3.72. The molecule has 1 aromatic rings. The summed E-state index contributed by atoms with van der Waals surface area (Å²) in [6.07, 6.45) is 1.37. The standard InChI is InChI=1S/C11H12F2/c1-8-6-7-9-4-2-3-5-10(9)11(8,12)13/h2-5,8H,6-7H2,1H3. The van der Waals surface area contributed by atoms with Crippen molar-refractivity contribution in [2.24, 2.45) is 5.92 Å². The van der Waals surface area contributed by atoms with Crippen molar-refractivity contribution in [3.8, 4) is 0 Å². The average Bonchev–Trinajstić information content (AvgIpc) is 2.13. The zero-order chi connectivity index (χ0) is 9.47. The zero-order valence-electron chi connectivity index (χ0n) is 7.56. The molecular formula is C11H12F2. The van der Waals surface area contributed by atoms with Gasteiger partial charge >= 0.3 is 0 Å². The van der Waals surface area contributed by atoms with E-state index >= 15 is 0 Å². The van der Waals surface area contributed by atoms with Crippen molar-refractivity contribution in [1.82, 2.24) is 0 Å². The van der Waals surface area contributed by atoms with E-state index in [9.17, 15) is 8.78 Å². The number of benzene rings is 1. The van der Waals surface area contributed by atoms with Crippen molar-refractivity contribution in [1.29, 1.82) is 0 Å². The fraction of sp³-hybridized carbons (Fsp3) is 0.455. The van der Waals surface area contributed by atoms with Crippen LogP contribution in [0.15, 0.2) is 24.3 Å². The molecule has 2 heteroatoms. The highest BCUT2D eigenvalue weighted by Crippen LogP contribution is 2.43. The van der Waals surface area contributed by atoms with Gasteiger partial charge in [-0.25, -0.2) is 8.78 Å². The number of fused-ring (bicyclic) bond motifs is 1. The molecule has 1 aliphatic carbocycles. The Kier molecular flexibility index (Phi) is 1.86. The first-order valence-corrected chi connectivity index (χ1v) is 4.58. The number of alkyl halides is 2. The Morgan fingerprint density at radius 3 is 2.77 bits per heavy atom. The highest BCUT2D eigenvalue weighted by Gasteiger charge is 2.42. The van der Waals surface area contributed by atoms with E-state index in [1.807, 2.05) is 6.07 Å². The molecule has 0 amide bonds. The lowest BCUT2D eigenvalue weighted by Crippen LogP contribution is -2.29. The topological polar surface area (TPSA) is 0 Å². The first kappa shape index (κ1) is 8.67. The van der Waals surface area contributed by atoms with Gasteiger partial charge in [0.1, 0.15) is 0 Å². The smallest absolute Gasteiger partial charge is 0.201 e. The average molecular weight is 182 g/mol. The maximum Gasteiger partial charge on any atom is 0.276 e. The highest BCUT2D eigenvalue weighted by atomic mass is 19.3. The summed E-state index contributed by atoms with van der Waals surface area (Å²) in [6, 6.07) is 6.86. The largest absolute Gasteiger partial charge is 0.276 e. The second-order valence-electron chi connectivity index (χ2n) is 3.72. The van der Waals surface area contributed by atoms with Crippen molar-refractivity contribution < 1.29 is 8.78 Å². The summed E-state index contributed by atoms with van der Waals surface area (Å²) in [5.74, 6) is -3.16. The van der Waals surface area contributed by atoms with Crippen molar-refractivity contribution in [3.63, 3.8) is 0 Å². The first-order chi connectivity index (χ1) is 6.12. The zero-order valence-corrected chi connectivity index (χ0v) is 7.56. The summed E-state index contributed by atoms with van der Waals surface area (Å²) in [5.41, 5.74) is 1.04. The van der Waals surface area contributed by atoms with Crippen LogP contribution in [0.3, 0.4) is 0 Å². The van der Waals surface area contributed by atoms with E-state index in [-0.39, 0.29) is 5.56 Å². The van der Waals surface area contributed by atoms with Gasteiger partial charge in [-0.1, -0.05) is 31.2 Å². The molecule has 70 valence electrons. The number of hydrogen-bond donors (Lipinski definition) is 0. The van der Waals surface area contributed by atoms with Gasteiger partial charge in [-0.05, 0) is 18.4 Å². The van der Waals surface area contributed by atoms with E-state index in [4.69, 9.17) is 0 Å². The maximum absolute atomic E-state index is 13.6. The predicted octanol–water partition coefficient (Wildman–Crippen LogP) is 3.36. The minimum atomic E-state index is -2.63. The fourth-order valence-corrected chi connectivity index (χ4v) is 1.88. The van der Waals surface area contributed by atoms with E-state index in [1.54, 1.807) is 25.1 Å². The number of halogens is 2. The molecular weight excluding hydrogens is 170 g/mol. The van der Waals surface area contributed by atoms with Crippen LogP contribution in [0.4, 0.5) is 8.78 Å². The summed E-state index contributed by atoms with van der Waals surface area (Å²) >= 11 is 0. The van der Waals surface area contributed by atoms with Crippen LogP contribution in [0.2, 0.25) is 0 Å². The van der Waals surface area contributed by atoms with Gasteiger partial charge in [0, 0.05) is 11.5 Å². The van der Waals surface area contributed by atoms with Gasteiger partial charge in [0.25, 0.3) is 5.92 Å². The van der Waals surface area contributed by atoms with Crippen molar-refractivity contribution in [2.75, 3.05) is 0 Å². The Hall–Kier alpha value is -0.920. The van der Waals surface area contributed by atoms with Gasteiger partial charge in [0.15, 0.2) is 0 Å². The molecule has 13 heavy (non-hydrogen) atoms. The minimum Gasteiger partial charge on any atom is -0.201 e. The lowest BCUT2D eigenvalue weighted by molar-refractivity contribution is -0.0680. The van der Waals surface area contributed by atoms with E-state index in [1.165, 1.54) is 0 Å². The molecule has 0 spiro atoms. The second kappa shape index (κ2) is 2.79. The predicted molar refractivity (Wildman–Crippen MR) is 47.8 cm³/mol. The lowest BCUT2D eigenvalue weighted by atomic mass is 9.82. The van der Waals surface area contributed by atoms with Crippen molar-refractivity contribution >= 4 is 0 Å². The molecule has 0 fully saturated rings. The maximum atomic E-state index is 13.6. The Morgan fingerprint density at radius 1 is 1.31 bits per heavy atom. The van der Waals surface area contributed by atoms with Crippen molar-refractivity contribution in [3.05, 3.63) is 35.4 Å². The molecule has 1 atom stereocenters. The van der Waals surface area contributed by atoms with Gasteiger partial charge in [-0.15, -0.1) is 0 Å². The molecule has 0 aliphatic heterocycles. The van der Waals surface area contributed by atoms with E-state index in [0.717, 1.165) is 12.0 Å². The normalized spacial score (nSPS) is 25.3. The van der Waals surface area contributed by atoms with Crippen LogP contribution in [0, 0.1) is 5.92 Å². The van der Waals surface area contributed by atoms with Crippen LogP contribution in [-0.4, -0.2) is 0 Å². The van der Waals surface area contributed by atoms with Gasteiger partial charge in [0.05, 0.1) is 0 Å². The van der Waals surface area contributed by atoms with Crippen LogP contribution < -0.4 is 0 Å². The monoisotopic (exact) mass is 182 g/mol. The molecule has 0 N–H and O–H groups in total. The third-order valence-corrected chi connectivity index (χ3v) is 2.84. The Labute approximate surface area is 76.6 Å². The third-order valence-electron chi connectivity index (χ3n) is 2.84. The summed E-state index contributed by atoms with van der Waals surface area (Å²) in [5, 5.41) is 0. The summed E-state index contributed by atoms with van der Waals surface area (Å²) < 4.78 is 27.2. The number of aryl methyl sites for hydroxylation is 1. The third kappa shape index (κ3) is 1.25. The molecule has 0 nitrogen and oxygen atoms in total. The van der Waals surface area contributed by atoms with E-state index in [0.29, 0.717) is 6.42 Å². The molecule has 1 aromatic carbocycles. The molecule has 1 unspecified atom stereocenters. The molecule has 0 saturated heterocycles. The Morgan fingerprint density at radius 2 is 2.00 bits per heavy atom. The molecule has 1 aliphatic rings. The molecule has 0 bridgehead atoms. The van der Waals surface area contributed by atoms with Gasteiger partial charge in [-0.2, -0.15) is 0 Å². The molecule has 0 heterocycles. The molecule has 0 radical (unpaired) electrons. The van der Waals surface area contributed by atoms with Crippen molar-refractivity contribution in [2.45, 2.75) is 25.7 Å². The summed E-state index contributed by atoms with van der Waals surface area (Å²) in [6.45, 7) is 1.62. The minimum absolute atomic E-state index is 0.230. The molecule has 2 rings (SSSR count). The van der Waals surface area contributed by atoms with E-state index < -0.39 is 11.8 Å². The summed E-state index contributed by atoms with van der Waals surface area (Å²) in [7, 11) is 0. The first-order valence-electron chi connectivity index (χ1n) is 4.58. The Bertz CT molecular complexity index is 318. The highest BCUT2D eigenvalue weighted by molar-refractivity contribution is 5.33. The number of hydrogen-bond acceptors (Lipinski definition) is 0. The van der Waals surface area contributed by atoms with Crippen LogP contribution >= 0.6 is 0 Å². The van der Waals surface area contributed by atoms with Gasteiger partial charge < -0.3 is 0 Å². The van der Waals surface area contributed by atoms with Crippen LogP contribution in [0.25, 0.3) is 0 Å². The summed E-state index contributed by atoms with van der Waals surface area (Å²) in [4.78, 5) is 0. The Balaban J connectivity index is 2.52. The van der Waals surface area contributed by atoms with Crippen LogP contribution in [0.1, 0.15) is 24.5 Å².